The molecule has 3 heterocycles. The van der Waals surface area contributed by atoms with Gasteiger partial charge in [-0.1, -0.05) is 6.92 Å². The van der Waals surface area contributed by atoms with E-state index >= 15 is 0 Å². The summed E-state index contributed by atoms with van der Waals surface area (Å²) in [6.07, 6.45) is -3.76. The number of likely N-dealkylation sites (tertiary alicyclic amines) is 1. The predicted molar refractivity (Wildman–Crippen MR) is 128 cm³/mol. The number of carbonyl (C=O) groups is 1. The van der Waals surface area contributed by atoms with Crippen molar-refractivity contribution in [2.75, 3.05) is 25.5 Å². The number of carbonyl (C=O) groups excluding carboxylic acids is 1. The Labute approximate surface area is 213 Å². The lowest BCUT2D eigenvalue weighted by Gasteiger charge is -2.43. The number of hydrogen-bond acceptors (Lipinski definition) is 7. The largest absolute Gasteiger partial charge is 0.497 e. The highest BCUT2D eigenvalue weighted by molar-refractivity contribution is 7.15. The molecule has 3 aromatic rings. The van der Waals surface area contributed by atoms with Gasteiger partial charge in [0.25, 0.3) is 11.8 Å². The summed E-state index contributed by atoms with van der Waals surface area (Å²) in [4.78, 5) is 27.0. The number of hydrogen-bond donors (Lipinski definition) is 1. The number of nitrogens with zero attached hydrogens (tertiary/aromatic N) is 4. The fourth-order valence-electron chi connectivity index (χ4n) is 4.29. The molecule has 1 unspecified atom stereocenters. The van der Waals surface area contributed by atoms with Crippen molar-refractivity contribution in [2.24, 2.45) is 5.92 Å². The molecule has 7 nitrogen and oxygen atoms in total. The number of anilines is 1. The molecule has 2 atom stereocenters. The molecule has 37 heavy (non-hydrogen) atoms. The molecule has 1 aliphatic heterocycles. The van der Waals surface area contributed by atoms with Crippen LogP contribution < -0.4 is 10.1 Å². The first-order valence-electron chi connectivity index (χ1n) is 11.3. The second kappa shape index (κ2) is 10.2. The van der Waals surface area contributed by atoms with Crippen molar-refractivity contribution >= 4 is 23.2 Å². The molecular weight excluding hydrogens is 517 g/mol. The van der Waals surface area contributed by atoms with Crippen LogP contribution in [0.15, 0.2) is 36.7 Å². The Hall–Kier alpha value is -3.35. The maximum atomic E-state index is 14.6. The Kier molecular flexibility index (Phi) is 7.36. The molecule has 1 aromatic carbocycles. The molecule has 1 amide bonds. The Morgan fingerprint density at radius 3 is 2.46 bits per heavy atom. The highest BCUT2D eigenvalue weighted by atomic mass is 32.1. The third-order valence-corrected chi connectivity index (χ3v) is 7.10. The van der Waals surface area contributed by atoms with Gasteiger partial charge in [-0.15, -0.1) is 11.3 Å². The molecular formula is C24H24F5N5O2S. The molecule has 13 heteroatoms. The lowest BCUT2D eigenvalue weighted by atomic mass is 9.88. The van der Waals surface area contributed by atoms with Gasteiger partial charge in [-0.3, -0.25) is 4.79 Å². The Morgan fingerprint density at radius 1 is 1.22 bits per heavy atom. The number of aryl methyl sites for hydroxylation is 1. The van der Waals surface area contributed by atoms with Gasteiger partial charge in [-0.25, -0.2) is 23.7 Å². The van der Waals surface area contributed by atoms with Crippen LogP contribution in [-0.4, -0.2) is 57.9 Å². The van der Waals surface area contributed by atoms with Crippen molar-refractivity contribution in [1.82, 2.24) is 19.9 Å². The maximum Gasteiger partial charge on any atom is 0.419 e. The second-order valence-electron chi connectivity index (χ2n) is 8.85. The summed E-state index contributed by atoms with van der Waals surface area (Å²) in [5.74, 6) is -3.87. The normalized spacial score (nSPS) is 19.5. The van der Waals surface area contributed by atoms with E-state index < -0.39 is 48.5 Å². The monoisotopic (exact) mass is 541 g/mol. The third-order valence-electron chi connectivity index (χ3n) is 6.08. The number of nitrogens with one attached hydrogen (secondary N) is 1. The molecule has 1 fully saturated rings. The molecule has 0 saturated carbocycles. The standard InChI is InChI=1S/C24H24F5N5O2S/c1-13-8-23(25,26)12-34(18(13)11-32-22-30-9-16(10-31-22)24(27,28)29)21(35)19-20(37-14(2)33-19)15-4-6-17(36-3)7-5-15/h4-7,9-10,13,18H,8,11-12H2,1-3H3,(H,30,31,32)/t13-,18?/m1/s1. The minimum absolute atomic E-state index is 0.0324. The minimum atomic E-state index is -4.58. The SMILES string of the molecule is COc1ccc(-c2sc(C)nc2C(=O)N2CC(F)(F)C[C@@H](C)C2CNc2ncc(C(F)(F)F)cn2)cc1. The van der Waals surface area contributed by atoms with E-state index in [1.165, 1.54) is 18.4 Å². The summed E-state index contributed by atoms with van der Waals surface area (Å²) in [5, 5.41) is 3.39. The predicted octanol–water partition coefficient (Wildman–Crippen LogP) is 5.53. The fraction of sp³-hybridized carbons (Fsp3) is 0.417. The van der Waals surface area contributed by atoms with E-state index in [0.29, 0.717) is 33.6 Å². The van der Waals surface area contributed by atoms with Crippen molar-refractivity contribution < 1.29 is 31.5 Å². The van der Waals surface area contributed by atoms with Gasteiger partial charge in [-0.05, 0) is 42.7 Å². The number of alkyl halides is 5. The smallest absolute Gasteiger partial charge is 0.419 e. The summed E-state index contributed by atoms with van der Waals surface area (Å²) >= 11 is 1.27. The van der Waals surface area contributed by atoms with E-state index in [4.69, 9.17) is 4.74 Å². The first kappa shape index (κ1) is 26.7. The van der Waals surface area contributed by atoms with Crippen molar-refractivity contribution in [3.8, 4) is 16.2 Å². The van der Waals surface area contributed by atoms with E-state index in [0.717, 1.165) is 4.90 Å². The molecule has 0 bridgehead atoms. The van der Waals surface area contributed by atoms with Gasteiger partial charge in [0.15, 0.2) is 0 Å². The number of halogens is 5. The van der Waals surface area contributed by atoms with Crippen LogP contribution in [0.3, 0.4) is 0 Å². The number of methoxy groups -OCH3 is 1. The first-order valence-corrected chi connectivity index (χ1v) is 12.1. The molecule has 1 N–H and O–H groups in total. The topological polar surface area (TPSA) is 80.2 Å². The van der Waals surface area contributed by atoms with Crippen LogP contribution in [0, 0.1) is 12.8 Å². The summed E-state index contributed by atoms with van der Waals surface area (Å²) in [5.41, 5.74) is -0.252. The third kappa shape index (κ3) is 5.97. The van der Waals surface area contributed by atoms with Crippen LogP contribution >= 0.6 is 11.3 Å². The van der Waals surface area contributed by atoms with E-state index in [1.807, 2.05) is 0 Å². The van der Waals surface area contributed by atoms with Crippen LogP contribution in [0.25, 0.3) is 10.4 Å². The zero-order valence-corrected chi connectivity index (χ0v) is 21.0. The molecule has 4 rings (SSSR count). The zero-order chi connectivity index (χ0) is 27.0. The first-order chi connectivity index (χ1) is 17.4. The lowest BCUT2D eigenvalue weighted by molar-refractivity contribution is -0.138. The van der Waals surface area contributed by atoms with Gasteiger partial charge in [0.2, 0.25) is 5.95 Å². The molecule has 0 spiro atoms. The molecule has 0 aliphatic carbocycles. The van der Waals surface area contributed by atoms with E-state index in [2.05, 4.69) is 20.3 Å². The van der Waals surface area contributed by atoms with Crippen LogP contribution in [0.1, 0.15) is 34.4 Å². The summed E-state index contributed by atoms with van der Waals surface area (Å²) in [6, 6.07) is 6.27. The van der Waals surface area contributed by atoms with Crippen LogP contribution in [0.2, 0.25) is 0 Å². The summed E-state index contributed by atoms with van der Waals surface area (Å²) < 4.78 is 72.8. The van der Waals surface area contributed by atoms with Crippen LogP contribution in [0.4, 0.5) is 27.9 Å². The average molecular weight is 542 g/mol. The quantitative estimate of drug-likeness (QED) is 0.413. The van der Waals surface area contributed by atoms with Gasteiger partial charge < -0.3 is 15.0 Å². The van der Waals surface area contributed by atoms with Crippen molar-refractivity contribution in [1.29, 1.82) is 0 Å². The Balaban J connectivity index is 1.60. The summed E-state index contributed by atoms with van der Waals surface area (Å²) in [7, 11) is 1.53. The highest BCUT2D eigenvalue weighted by Crippen LogP contribution is 2.38. The number of piperidine rings is 1. The van der Waals surface area contributed by atoms with Crippen LogP contribution in [-0.2, 0) is 6.18 Å². The maximum absolute atomic E-state index is 14.6. The van der Waals surface area contributed by atoms with Gasteiger partial charge in [0.1, 0.15) is 11.4 Å². The van der Waals surface area contributed by atoms with E-state index in [-0.39, 0.29) is 18.2 Å². The van der Waals surface area contributed by atoms with Crippen molar-refractivity contribution in [2.45, 2.75) is 38.4 Å². The molecule has 2 aromatic heterocycles. The fourth-order valence-corrected chi connectivity index (χ4v) is 5.20. The van der Waals surface area contributed by atoms with Gasteiger partial charge >= 0.3 is 6.18 Å². The van der Waals surface area contributed by atoms with E-state index in [9.17, 15) is 26.7 Å². The number of ether oxygens (including phenoxy) is 1. The zero-order valence-electron chi connectivity index (χ0n) is 20.1. The molecule has 0 radical (unpaired) electrons. The van der Waals surface area contributed by atoms with E-state index in [1.54, 1.807) is 38.1 Å². The number of rotatable bonds is 6. The Morgan fingerprint density at radius 2 is 1.86 bits per heavy atom. The molecule has 1 saturated heterocycles. The van der Waals surface area contributed by atoms with Gasteiger partial charge in [0.05, 0.1) is 35.1 Å². The van der Waals surface area contributed by atoms with Gasteiger partial charge in [0, 0.05) is 25.4 Å². The minimum Gasteiger partial charge on any atom is -0.497 e. The number of aromatic nitrogens is 3. The average Bonchev–Trinajstić information content (AvgIpc) is 3.23. The second-order valence-corrected chi connectivity index (χ2v) is 10.1. The van der Waals surface area contributed by atoms with Crippen molar-refractivity contribution in [3.63, 3.8) is 0 Å². The number of amides is 1. The van der Waals surface area contributed by atoms with Crippen molar-refractivity contribution in [3.05, 3.63) is 52.9 Å². The highest BCUT2D eigenvalue weighted by Gasteiger charge is 2.47. The Bertz CT molecular complexity index is 1250. The molecule has 198 valence electrons. The lowest BCUT2D eigenvalue weighted by Crippen LogP contribution is -2.57. The van der Waals surface area contributed by atoms with Crippen LogP contribution in [0.5, 0.6) is 5.75 Å². The van der Waals surface area contributed by atoms with Gasteiger partial charge in [-0.2, -0.15) is 13.2 Å². The summed E-state index contributed by atoms with van der Waals surface area (Å²) in [6.45, 7) is 2.48. The number of benzene rings is 1. The molecule has 1 aliphatic rings. The number of thiazole rings is 1.